The molecule has 0 unspecified atom stereocenters. The average molecular weight is 217 g/mol. The van der Waals surface area contributed by atoms with Gasteiger partial charge in [-0.3, -0.25) is 4.90 Å². The average Bonchev–Trinajstić information content (AvgIpc) is 2.04. The van der Waals surface area contributed by atoms with Crippen LogP contribution in [0, 0.1) is 0 Å². The Kier molecular flexibility index (Phi) is 6.28. The summed E-state index contributed by atoms with van der Waals surface area (Å²) in [4.78, 5) is 2.05. The van der Waals surface area contributed by atoms with Crippen LogP contribution in [0.3, 0.4) is 0 Å². The molecule has 0 atom stereocenters. The summed E-state index contributed by atoms with van der Waals surface area (Å²) in [6.45, 7) is 1.71. The third-order valence-electron chi connectivity index (χ3n) is 1.89. The van der Waals surface area contributed by atoms with Gasteiger partial charge in [-0.25, -0.2) is 0 Å². The highest BCUT2D eigenvalue weighted by atomic mass is 35.5. The molecule has 0 aliphatic heterocycles. The molecule has 4 heteroatoms. The van der Waals surface area contributed by atoms with Crippen molar-refractivity contribution in [1.29, 1.82) is 0 Å². The van der Waals surface area contributed by atoms with Crippen LogP contribution in [0.15, 0.2) is 24.3 Å². The normalized spacial score (nSPS) is 9.93. The van der Waals surface area contributed by atoms with Crippen molar-refractivity contribution in [3.05, 3.63) is 29.8 Å². The van der Waals surface area contributed by atoms with Gasteiger partial charge in [0.2, 0.25) is 0 Å². The number of halogens is 1. The third kappa shape index (κ3) is 4.46. The van der Waals surface area contributed by atoms with Gasteiger partial charge in [0.05, 0.1) is 6.61 Å². The maximum Gasteiger partial charge on any atom is 0.0558 e. The van der Waals surface area contributed by atoms with Crippen LogP contribution in [0.4, 0.5) is 5.69 Å². The molecular formula is C10H17ClN2O. The molecule has 0 amide bonds. The second-order valence-corrected chi connectivity index (χ2v) is 3.21. The molecule has 0 heterocycles. The van der Waals surface area contributed by atoms with Crippen LogP contribution in [0.1, 0.15) is 5.56 Å². The van der Waals surface area contributed by atoms with E-state index in [4.69, 9.17) is 10.8 Å². The van der Waals surface area contributed by atoms with Crippen LogP contribution in [0.5, 0.6) is 0 Å². The Hall–Kier alpha value is -0.770. The number of nitrogens with zero attached hydrogens (tertiary/aromatic N) is 1. The molecule has 80 valence electrons. The molecule has 0 radical (unpaired) electrons. The zero-order valence-corrected chi connectivity index (χ0v) is 9.13. The monoisotopic (exact) mass is 216 g/mol. The van der Waals surface area contributed by atoms with Gasteiger partial charge in [-0.05, 0) is 24.7 Å². The maximum atomic E-state index is 8.70. The maximum absolute atomic E-state index is 8.70. The summed E-state index contributed by atoms with van der Waals surface area (Å²) < 4.78 is 0. The van der Waals surface area contributed by atoms with E-state index >= 15 is 0 Å². The minimum absolute atomic E-state index is 0. The number of aliphatic hydroxyl groups excluding tert-OH is 1. The summed E-state index contributed by atoms with van der Waals surface area (Å²) in [5, 5.41) is 8.70. The van der Waals surface area contributed by atoms with Gasteiger partial charge in [0.1, 0.15) is 0 Å². The van der Waals surface area contributed by atoms with Crippen molar-refractivity contribution in [3.63, 3.8) is 0 Å². The number of likely N-dealkylation sites (N-methyl/N-ethyl adjacent to an activating group) is 1. The Morgan fingerprint density at radius 3 is 2.71 bits per heavy atom. The lowest BCUT2D eigenvalue weighted by atomic mass is 10.2. The van der Waals surface area contributed by atoms with Crippen LogP contribution in [0.25, 0.3) is 0 Å². The number of aliphatic hydroxyl groups is 1. The topological polar surface area (TPSA) is 49.5 Å². The van der Waals surface area contributed by atoms with Gasteiger partial charge in [-0.1, -0.05) is 12.1 Å². The Morgan fingerprint density at radius 2 is 2.14 bits per heavy atom. The molecule has 1 aromatic rings. The van der Waals surface area contributed by atoms with Crippen molar-refractivity contribution in [2.45, 2.75) is 6.54 Å². The Balaban J connectivity index is 0.00000169. The number of rotatable bonds is 4. The molecule has 0 fully saturated rings. The van der Waals surface area contributed by atoms with Crippen molar-refractivity contribution in [1.82, 2.24) is 4.90 Å². The molecule has 14 heavy (non-hydrogen) atoms. The predicted molar refractivity (Wildman–Crippen MR) is 61.5 cm³/mol. The first-order valence-corrected chi connectivity index (χ1v) is 4.36. The Labute approximate surface area is 90.9 Å². The number of nitrogen functional groups attached to an aromatic ring is 1. The van der Waals surface area contributed by atoms with E-state index in [1.54, 1.807) is 0 Å². The zero-order valence-electron chi connectivity index (χ0n) is 8.31. The number of nitrogens with two attached hydrogens (primary N) is 1. The number of anilines is 1. The van der Waals surface area contributed by atoms with E-state index in [9.17, 15) is 0 Å². The van der Waals surface area contributed by atoms with E-state index in [1.807, 2.05) is 31.3 Å². The molecule has 0 aromatic heterocycles. The van der Waals surface area contributed by atoms with Gasteiger partial charge >= 0.3 is 0 Å². The van der Waals surface area contributed by atoms with E-state index in [0.717, 1.165) is 12.2 Å². The standard InChI is InChI=1S/C10H16N2O.ClH/c1-12(5-6-13)8-9-3-2-4-10(11)7-9;/h2-4,7,13H,5-6,8,11H2,1H3;1H. The van der Waals surface area contributed by atoms with Gasteiger partial charge < -0.3 is 10.8 Å². The molecule has 0 aliphatic rings. The lowest BCUT2D eigenvalue weighted by Gasteiger charge is -2.14. The minimum Gasteiger partial charge on any atom is -0.399 e. The number of hydrogen-bond donors (Lipinski definition) is 2. The van der Waals surface area contributed by atoms with Gasteiger partial charge in [-0.15, -0.1) is 12.4 Å². The molecule has 1 aromatic carbocycles. The largest absolute Gasteiger partial charge is 0.399 e. The summed E-state index contributed by atoms with van der Waals surface area (Å²) in [5.41, 5.74) is 7.60. The van der Waals surface area contributed by atoms with E-state index in [-0.39, 0.29) is 19.0 Å². The SMILES string of the molecule is CN(CCO)Cc1cccc(N)c1.Cl. The molecule has 3 nitrogen and oxygen atoms in total. The van der Waals surface area contributed by atoms with E-state index in [0.29, 0.717) is 6.54 Å². The lowest BCUT2D eigenvalue weighted by molar-refractivity contribution is 0.217. The zero-order chi connectivity index (χ0) is 9.68. The minimum atomic E-state index is 0. The van der Waals surface area contributed by atoms with Crippen molar-refractivity contribution < 1.29 is 5.11 Å². The lowest BCUT2D eigenvalue weighted by Crippen LogP contribution is -2.21. The first kappa shape index (κ1) is 13.2. The molecule has 3 N–H and O–H groups in total. The summed E-state index contributed by atoms with van der Waals surface area (Å²) in [6, 6.07) is 7.80. The predicted octanol–water partition coefficient (Wildman–Crippen LogP) is 1.11. The van der Waals surface area contributed by atoms with Crippen LogP contribution in [-0.2, 0) is 6.54 Å². The highest BCUT2D eigenvalue weighted by molar-refractivity contribution is 5.85. The highest BCUT2D eigenvalue weighted by Gasteiger charge is 1.98. The fourth-order valence-electron chi connectivity index (χ4n) is 1.25. The second-order valence-electron chi connectivity index (χ2n) is 3.21. The number of benzene rings is 1. The molecular weight excluding hydrogens is 200 g/mol. The van der Waals surface area contributed by atoms with Crippen molar-refractivity contribution in [2.24, 2.45) is 0 Å². The van der Waals surface area contributed by atoms with Crippen molar-refractivity contribution in [2.75, 3.05) is 25.9 Å². The van der Waals surface area contributed by atoms with Crippen LogP contribution in [0.2, 0.25) is 0 Å². The molecule has 0 saturated carbocycles. The van der Waals surface area contributed by atoms with E-state index < -0.39 is 0 Å². The quantitative estimate of drug-likeness (QED) is 0.742. The Bertz CT molecular complexity index is 268. The third-order valence-corrected chi connectivity index (χ3v) is 1.89. The summed E-state index contributed by atoms with van der Waals surface area (Å²) >= 11 is 0. The van der Waals surface area contributed by atoms with E-state index in [1.165, 1.54) is 5.56 Å². The van der Waals surface area contributed by atoms with Gasteiger partial charge in [0, 0.05) is 18.8 Å². The van der Waals surface area contributed by atoms with Crippen molar-refractivity contribution >= 4 is 18.1 Å². The van der Waals surface area contributed by atoms with Crippen LogP contribution < -0.4 is 5.73 Å². The summed E-state index contributed by atoms with van der Waals surface area (Å²) in [6.07, 6.45) is 0. The molecule has 0 aliphatic carbocycles. The van der Waals surface area contributed by atoms with Crippen LogP contribution >= 0.6 is 12.4 Å². The van der Waals surface area contributed by atoms with Crippen molar-refractivity contribution in [3.8, 4) is 0 Å². The van der Waals surface area contributed by atoms with Gasteiger partial charge in [-0.2, -0.15) is 0 Å². The fraction of sp³-hybridized carbons (Fsp3) is 0.400. The summed E-state index contributed by atoms with van der Waals surface area (Å²) in [7, 11) is 1.97. The fourth-order valence-corrected chi connectivity index (χ4v) is 1.25. The first-order chi connectivity index (χ1) is 6.22. The smallest absolute Gasteiger partial charge is 0.0558 e. The number of hydrogen-bond acceptors (Lipinski definition) is 3. The second kappa shape index (κ2) is 6.65. The Morgan fingerprint density at radius 1 is 1.43 bits per heavy atom. The van der Waals surface area contributed by atoms with Gasteiger partial charge in [0.25, 0.3) is 0 Å². The van der Waals surface area contributed by atoms with E-state index in [2.05, 4.69) is 4.90 Å². The van der Waals surface area contributed by atoms with Gasteiger partial charge in [0.15, 0.2) is 0 Å². The van der Waals surface area contributed by atoms with Crippen LogP contribution in [-0.4, -0.2) is 30.2 Å². The highest BCUT2D eigenvalue weighted by Crippen LogP contribution is 2.08. The molecule has 0 saturated heterocycles. The molecule has 0 bridgehead atoms. The first-order valence-electron chi connectivity index (χ1n) is 4.36. The molecule has 1 rings (SSSR count). The molecule has 0 spiro atoms. The summed E-state index contributed by atoms with van der Waals surface area (Å²) in [5.74, 6) is 0.